The van der Waals surface area contributed by atoms with Crippen molar-refractivity contribution in [1.29, 1.82) is 5.26 Å². The zero-order valence-electron chi connectivity index (χ0n) is 20.6. The molecule has 3 aromatic rings. The van der Waals surface area contributed by atoms with E-state index in [1.165, 1.54) is 30.9 Å². The minimum Gasteiger partial charge on any atom is -0.475 e. The Kier molecular flexibility index (Phi) is 6.39. The molecule has 202 valence electrons. The Morgan fingerprint density at radius 2 is 1.95 bits per heavy atom. The molecular weight excluding hydrogens is 540 g/mol. The van der Waals surface area contributed by atoms with Crippen LogP contribution in [0.4, 0.5) is 28.9 Å². The fourth-order valence-electron chi connectivity index (χ4n) is 4.41. The normalized spacial score (nSPS) is 17.2. The van der Waals surface area contributed by atoms with Crippen LogP contribution in [0.25, 0.3) is 10.9 Å². The lowest BCUT2D eigenvalue weighted by Crippen LogP contribution is -2.44. The summed E-state index contributed by atoms with van der Waals surface area (Å²) in [5, 5.41) is 18.2. The monoisotopic (exact) mass is 560 g/mol. The van der Waals surface area contributed by atoms with Crippen LogP contribution in [0.15, 0.2) is 24.4 Å². The van der Waals surface area contributed by atoms with E-state index >= 15 is 4.39 Å². The molecule has 1 saturated heterocycles. The molecule has 0 atom stereocenters. The first-order chi connectivity index (χ1) is 18.4. The van der Waals surface area contributed by atoms with Crippen LogP contribution < -0.4 is 14.5 Å². The second-order valence-electron chi connectivity index (χ2n) is 9.57. The Morgan fingerprint density at radius 3 is 2.56 bits per heavy atom. The second kappa shape index (κ2) is 9.35. The number of halogens is 4. The molecule has 2 aliphatic rings. The lowest BCUT2D eigenvalue weighted by atomic mass is 10.0. The third kappa shape index (κ3) is 4.51. The number of nitrogens with zero attached hydrogens (tertiary/aromatic N) is 6. The molecule has 0 spiro atoms. The third-order valence-electron chi connectivity index (χ3n) is 6.46. The number of carbonyl (C=O) groups excluding carboxylic acids is 1. The number of rotatable bonds is 6. The molecule has 0 unspecified atom stereocenters. The Balaban J connectivity index is 1.62. The van der Waals surface area contributed by atoms with Gasteiger partial charge in [0.25, 0.3) is 5.91 Å². The zero-order chi connectivity index (χ0) is 28.3. The number of hydrogen-bond acceptors (Lipinski definition) is 8. The van der Waals surface area contributed by atoms with E-state index < -0.39 is 34.7 Å². The summed E-state index contributed by atoms with van der Waals surface area (Å²) < 4.78 is 61.8. The van der Waals surface area contributed by atoms with Crippen LogP contribution in [0.2, 0.25) is 0 Å². The van der Waals surface area contributed by atoms with Gasteiger partial charge in [-0.25, -0.2) is 14.4 Å². The molecule has 39 heavy (non-hydrogen) atoms. The van der Waals surface area contributed by atoms with Gasteiger partial charge in [0.05, 0.1) is 29.4 Å². The summed E-state index contributed by atoms with van der Waals surface area (Å²) in [4.78, 5) is 28.0. The number of ether oxygens (including phenoxy) is 1. The van der Waals surface area contributed by atoms with Gasteiger partial charge in [-0.05, 0) is 57.1 Å². The van der Waals surface area contributed by atoms with Crippen molar-refractivity contribution in [2.45, 2.75) is 44.3 Å². The van der Waals surface area contributed by atoms with Gasteiger partial charge in [0.15, 0.2) is 16.6 Å². The lowest BCUT2D eigenvalue weighted by molar-refractivity contribution is -0.138. The smallest absolute Gasteiger partial charge is 0.419 e. The molecule has 1 aliphatic carbocycles. The molecule has 5 rings (SSSR count). The number of aliphatic hydroxyl groups is 1. The van der Waals surface area contributed by atoms with Crippen LogP contribution in [0.3, 0.4) is 0 Å². The number of fused-ring (bicyclic) bond motifs is 1. The van der Waals surface area contributed by atoms with Gasteiger partial charge >= 0.3 is 6.18 Å². The number of aliphatic hydroxyl groups excluding tert-OH is 1. The van der Waals surface area contributed by atoms with Crippen molar-refractivity contribution >= 4 is 45.5 Å². The summed E-state index contributed by atoms with van der Waals surface area (Å²) in [7, 11) is 0. The average Bonchev–Trinajstić information content (AvgIpc) is 3.70. The van der Waals surface area contributed by atoms with Crippen LogP contribution in [-0.4, -0.2) is 49.8 Å². The standard InChI is InChI=1S/C25H20F4N6O3S/c1-24(2)22(37)34(14-8-16(25(27,28)29)18(10-30)31-11-14)23(39)35(24)13-7-15-19(17(26)9-13)32-20(12-3-4-12)33-21(15)38-6-5-36/h7-9,11-12,36H,3-6H2,1-2H3. The first-order valence-electron chi connectivity index (χ1n) is 11.8. The first-order valence-corrected chi connectivity index (χ1v) is 12.2. The summed E-state index contributed by atoms with van der Waals surface area (Å²) >= 11 is 5.52. The largest absolute Gasteiger partial charge is 0.475 e. The predicted molar refractivity (Wildman–Crippen MR) is 135 cm³/mol. The molecule has 1 aliphatic heterocycles. The second-order valence-corrected chi connectivity index (χ2v) is 9.94. The molecule has 9 nitrogen and oxygen atoms in total. The van der Waals surface area contributed by atoms with Crippen molar-refractivity contribution in [1.82, 2.24) is 15.0 Å². The molecule has 3 heterocycles. The maximum atomic E-state index is 15.5. The Morgan fingerprint density at radius 1 is 1.23 bits per heavy atom. The van der Waals surface area contributed by atoms with Crippen LogP contribution in [0.1, 0.15) is 49.7 Å². The predicted octanol–water partition coefficient (Wildman–Crippen LogP) is 4.22. The molecule has 2 aromatic heterocycles. The number of hydrogen-bond donors (Lipinski definition) is 1. The minimum absolute atomic E-state index is 0.0131. The molecule has 0 bridgehead atoms. The number of pyridine rings is 1. The maximum absolute atomic E-state index is 15.5. The molecule has 14 heteroatoms. The summed E-state index contributed by atoms with van der Waals surface area (Å²) in [6.07, 6.45) is -2.23. The van der Waals surface area contributed by atoms with E-state index in [9.17, 15) is 23.1 Å². The van der Waals surface area contributed by atoms with Gasteiger partial charge in [0.1, 0.15) is 29.6 Å². The molecule has 1 N–H and O–H groups in total. The lowest BCUT2D eigenvalue weighted by Gasteiger charge is -2.29. The van der Waals surface area contributed by atoms with Crippen LogP contribution >= 0.6 is 12.2 Å². The highest BCUT2D eigenvalue weighted by Gasteiger charge is 2.51. The number of aromatic nitrogens is 3. The van der Waals surface area contributed by atoms with Gasteiger partial charge in [-0.15, -0.1) is 0 Å². The third-order valence-corrected chi connectivity index (χ3v) is 6.83. The van der Waals surface area contributed by atoms with E-state index in [1.54, 1.807) is 0 Å². The van der Waals surface area contributed by atoms with Crippen LogP contribution in [0.5, 0.6) is 5.88 Å². The van der Waals surface area contributed by atoms with E-state index in [0.29, 0.717) is 11.9 Å². The number of carbonyl (C=O) groups is 1. The van der Waals surface area contributed by atoms with Crippen molar-refractivity contribution < 1.29 is 32.2 Å². The van der Waals surface area contributed by atoms with Gasteiger partial charge in [0.2, 0.25) is 5.88 Å². The summed E-state index contributed by atoms with van der Waals surface area (Å²) in [6.45, 7) is 2.57. The van der Waals surface area contributed by atoms with E-state index in [4.69, 9.17) is 22.2 Å². The maximum Gasteiger partial charge on any atom is 0.419 e. The van der Waals surface area contributed by atoms with Crippen molar-refractivity contribution in [2.24, 2.45) is 0 Å². The fraction of sp³-hybridized carbons (Fsp3) is 0.360. The van der Waals surface area contributed by atoms with Crippen molar-refractivity contribution in [2.75, 3.05) is 23.0 Å². The molecule has 1 amide bonds. The fourth-order valence-corrected chi connectivity index (χ4v) is 4.93. The highest BCUT2D eigenvalue weighted by molar-refractivity contribution is 7.81. The molecule has 2 fully saturated rings. The highest BCUT2D eigenvalue weighted by Crippen LogP contribution is 2.43. The molecule has 1 aromatic carbocycles. The molecule has 1 saturated carbocycles. The van der Waals surface area contributed by atoms with E-state index in [2.05, 4.69) is 15.0 Å². The number of alkyl halides is 3. The average molecular weight is 561 g/mol. The summed E-state index contributed by atoms with van der Waals surface area (Å²) in [5.74, 6) is -0.874. The van der Waals surface area contributed by atoms with Gasteiger partial charge < -0.3 is 14.7 Å². The summed E-state index contributed by atoms with van der Waals surface area (Å²) in [6, 6.07) is 4.63. The topological polar surface area (TPSA) is 115 Å². The Bertz CT molecular complexity index is 1570. The quantitative estimate of drug-likeness (QED) is 0.350. The van der Waals surface area contributed by atoms with Gasteiger partial charge in [0, 0.05) is 11.6 Å². The van der Waals surface area contributed by atoms with E-state index in [1.807, 2.05) is 0 Å². The first kappa shape index (κ1) is 26.6. The number of anilines is 2. The van der Waals surface area contributed by atoms with Crippen molar-refractivity contribution in [3.63, 3.8) is 0 Å². The number of nitriles is 1. The number of amides is 1. The zero-order valence-corrected chi connectivity index (χ0v) is 21.4. The number of thiocarbonyl (C=S) groups is 1. The van der Waals surface area contributed by atoms with Crippen molar-refractivity contribution in [3.05, 3.63) is 47.3 Å². The SMILES string of the molecule is CC1(C)C(=O)N(c2cnc(C#N)c(C(F)(F)F)c2)C(=S)N1c1cc(F)c2nc(C3CC3)nc(OCCO)c2c1. The van der Waals surface area contributed by atoms with Crippen LogP contribution in [0, 0.1) is 17.1 Å². The van der Waals surface area contributed by atoms with E-state index in [-0.39, 0.29) is 52.4 Å². The molecule has 0 radical (unpaired) electrons. The van der Waals surface area contributed by atoms with E-state index in [0.717, 1.165) is 30.0 Å². The highest BCUT2D eigenvalue weighted by atomic mass is 32.1. The minimum atomic E-state index is -4.90. The van der Waals surface area contributed by atoms with Gasteiger partial charge in [-0.3, -0.25) is 9.69 Å². The van der Waals surface area contributed by atoms with Crippen molar-refractivity contribution in [3.8, 4) is 11.9 Å². The number of benzene rings is 1. The van der Waals surface area contributed by atoms with Gasteiger partial charge in [-0.1, -0.05) is 0 Å². The molecular formula is C25H20F4N6O3S. The Hall–Kier alpha value is -3.96. The van der Waals surface area contributed by atoms with Gasteiger partial charge in [-0.2, -0.15) is 23.4 Å². The Labute approximate surface area is 224 Å². The summed E-state index contributed by atoms with van der Waals surface area (Å²) in [5.41, 5.74) is -3.82. The van der Waals surface area contributed by atoms with Crippen LogP contribution in [-0.2, 0) is 11.0 Å².